The monoisotopic (exact) mass is 1880 g/mol. The van der Waals surface area contributed by atoms with Crippen LogP contribution in [0.2, 0.25) is 0 Å². The molecule has 0 amide bonds. The second-order valence-corrected chi connectivity index (χ2v) is 45.8. The Labute approximate surface area is 858 Å². The zero-order valence-corrected chi connectivity index (χ0v) is 89.2. The molecule has 1 radical (unpaired) electrons. The molecule has 737 valence electrons. The summed E-state index contributed by atoms with van der Waals surface area (Å²) in [5.74, 6) is 0. The Hall–Kier alpha value is -10.2. The standard InChI is InChI=1S/C139H166BO2/c1-13-19-25-31-37-45-84-137(85-46-38-32-26-20-14-2)126-51-43-42-50-118(126)121-82-73-112(98-129(121)137)111-72-77-120-119-76-67-106(92-127(119)134(7,8)128(120)93-111)100-56-58-102(59-57-100)108-69-80-124-125-81-71-110(97-133(125)139(132(124)96-108,88-48-40-34-28-22-16-4)89-49-41-35-29-23-17-5)104-62-60-103(61-63-104)109-70-79-123-122-78-68-107(94-130(122)138(131(123)95-109,86-44-36-30-24-18-6)87-47-39-33-27-21-15-3)101-54-52-99(53-55-101)105-66-75-116-113(90-105)64-65-114-91-115(74-83-117(114)116)140-142-136(11,12)135(9,10)141/h42-43,50-63,66-83,90-98,141H,13-41,44-49,64-65,84-89H2,1-12H3. The van der Waals surface area contributed by atoms with E-state index in [1.165, 1.54) is 419 Å². The Bertz CT molecular complexity index is 6420. The average Bonchev–Trinajstić information content (AvgIpc) is 1.56. The Kier molecular flexibility index (Phi) is 33.0. The molecular formula is C139H166BO2. The van der Waals surface area contributed by atoms with E-state index in [1.807, 2.05) is 21.3 Å². The minimum Gasteiger partial charge on any atom is -0.427 e. The summed E-state index contributed by atoms with van der Waals surface area (Å²) in [7, 11) is 1.82. The van der Waals surface area contributed by atoms with E-state index < -0.39 is 11.2 Å². The van der Waals surface area contributed by atoms with E-state index in [2.05, 4.69) is 316 Å². The van der Waals surface area contributed by atoms with Gasteiger partial charge in [0.1, 0.15) is 0 Å². The maximum atomic E-state index is 10.8. The number of hydrogen-bond acceptors (Lipinski definition) is 2. The fourth-order valence-electron chi connectivity index (χ4n) is 26.1. The second-order valence-electron chi connectivity index (χ2n) is 45.8. The third-order valence-corrected chi connectivity index (χ3v) is 35.3. The highest BCUT2D eigenvalue weighted by Gasteiger charge is 2.47. The number of aryl methyl sites for hydroxylation is 2. The third kappa shape index (κ3) is 21.5. The highest BCUT2D eigenvalue weighted by Crippen LogP contribution is 2.61. The highest BCUT2D eigenvalue weighted by molar-refractivity contribution is 6.47. The van der Waals surface area contributed by atoms with Gasteiger partial charge in [-0.25, -0.2) is 0 Å². The first kappa shape index (κ1) is 102. The fraction of sp³-hybridized carbons (Fsp3) is 0.439. The van der Waals surface area contributed by atoms with E-state index in [-0.39, 0.29) is 21.7 Å². The Morgan fingerprint density at radius 1 is 0.225 bits per heavy atom. The molecule has 1 unspecified atom stereocenters. The van der Waals surface area contributed by atoms with Crippen molar-refractivity contribution in [2.45, 2.75) is 392 Å². The van der Waals surface area contributed by atoms with Gasteiger partial charge in [-0.15, -0.1) is 0 Å². The van der Waals surface area contributed by atoms with Crippen molar-refractivity contribution in [3.05, 3.63) is 316 Å². The van der Waals surface area contributed by atoms with Crippen LogP contribution in [0, 0.1) is 0 Å². The molecule has 0 saturated heterocycles. The van der Waals surface area contributed by atoms with Crippen molar-refractivity contribution in [3.63, 3.8) is 0 Å². The van der Waals surface area contributed by atoms with E-state index in [0.717, 1.165) is 18.3 Å². The molecule has 0 fully saturated rings. The molecule has 1 atom stereocenters. The molecule has 0 saturated carbocycles. The van der Waals surface area contributed by atoms with Crippen molar-refractivity contribution in [1.29, 1.82) is 0 Å². The summed E-state index contributed by atoms with van der Waals surface area (Å²) in [5.41, 5.74) is 46.4. The van der Waals surface area contributed by atoms with E-state index in [9.17, 15) is 5.11 Å². The molecule has 0 heterocycles. The molecule has 5 aliphatic carbocycles. The first-order valence-electron chi connectivity index (χ1n) is 57.2. The van der Waals surface area contributed by atoms with Crippen molar-refractivity contribution in [2.75, 3.05) is 0 Å². The van der Waals surface area contributed by atoms with E-state index in [0.29, 0.717) is 0 Å². The third-order valence-electron chi connectivity index (χ3n) is 35.3. The van der Waals surface area contributed by atoms with E-state index in [1.54, 1.807) is 47.2 Å². The molecule has 0 aliphatic heterocycles. The first-order chi connectivity index (χ1) is 69.2. The molecule has 1 N–H and O–H groups in total. The van der Waals surface area contributed by atoms with Crippen molar-refractivity contribution in [3.8, 4) is 134 Å². The SMILES string of the molecule is CCCCCCCCC1(CCCCCCC)c2cc(-c3ccc(-c4ccc5c(c4)CCc4cc([B]OC(C)(C)C(C)(C)O)ccc4-5)cc3)ccc2-c2ccc(-c3ccc(-c4ccc5c(c4)C(CCCCCCCC)(CCCCCCCC)c4cc(-c6ccc(-c7ccc8c(c7)C(C)(C)c7cc(-c9ccc%10c(c9)C(CCCCCCCC)(CCCCCCCC)c9ccccc9-%10)ccc7-8)cc6)ccc4-5)cc3)cc21. The van der Waals surface area contributed by atoms with Gasteiger partial charge in [-0.2, -0.15) is 0 Å². The van der Waals surface area contributed by atoms with Crippen molar-refractivity contribution in [2.24, 2.45) is 0 Å². The van der Waals surface area contributed by atoms with Gasteiger partial charge in [0.25, 0.3) is 0 Å². The zero-order chi connectivity index (χ0) is 98.4. The van der Waals surface area contributed by atoms with Crippen molar-refractivity contribution >= 4 is 12.9 Å². The topological polar surface area (TPSA) is 29.5 Å². The van der Waals surface area contributed by atoms with Gasteiger partial charge in [-0.3, -0.25) is 0 Å². The lowest BCUT2D eigenvalue weighted by Gasteiger charge is -2.37. The van der Waals surface area contributed by atoms with Crippen LogP contribution < -0.4 is 5.46 Å². The normalized spacial score (nSPS) is 15.1. The van der Waals surface area contributed by atoms with Crippen LogP contribution in [-0.4, -0.2) is 23.8 Å². The van der Waals surface area contributed by atoms with Gasteiger partial charge in [0.05, 0.1) is 11.2 Å². The molecule has 3 heteroatoms. The van der Waals surface area contributed by atoms with Crippen LogP contribution in [0.1, 0.15) is 402 Å². The lowest BCUT2D eigenvalue weighted by atomic mass is 9.69. The largest absolute Gasteiger partial charge is 0.427 e. The number of benzene rings is 13. The van der Waals surface area contributed by atoms with Crippen LogP contribution in [0.5, 0.6) is 0 Å². The minimum atomic E-state index is -0.977. The summed E-state index contributed by atoms with van der Waals surface area (Å²) in [6, 6.07) is 105. The highest BCUT2D eigenvalue weighted by atomic mass is 16.5. The van der Waals surface area contributed by atoms with Gasteiger partial charge < -0.3 is 9.76 Å². The predicted octanol–water partition coefficient (Wildman–Crippen LogP) is 40.2. The Morgan fingerprint density at radius 2 is 0.437 bits per heavy atom. The summed E-state index contributed by atoms with van der Waals surface area (Å²) < 4.78 is 6.18. The lowest BCUT2D eigenvalue weighted by molar-refractivity contribution is -0.0893. The molecule has 142 heavy (non-hydrogen) atoms. The van der Waals surface area contributed by atoms with E-state index >= 15 is 0 Å². The summed E-state index contributed by atoms with van der Waals surface area (Å²) in [5, 5.41) is 10.8. The molecule has 13 aromatic carbocycles. The van der Waals surface area contributed by atoms with Gasteiger partial charge in [-0.1, -0.05) is 504 Å². The molecule has 0 spiro atoms. The van der Waals surface area contributed by atoms with Crippen LogP contribution in [0.4, 0.5) is 0 Å². The molecule has 0 aromatic heterocycles. The van der Waals surface area contributed by atoms with Crippen LogP contribution in [0.3, 0.4) is 0 Å². The van der Waals surface area contributed by atoms with Gasteiger partial charge >= 0.3 is 7.48 Å². The summed E-state index contributed by atoms with van der Waals surface area (Å²) >= 11 is 0. The molecule has 2 nitrogen and oxygen atoms in total. The van der Waals surface area contributed by atoms with Crippen molar-refractivity contribution < 1.29 is 9.76 Å². The number of unbranched alkanes of at least 4 members (excludes halogenated alkanes) is 29. The fourth-order valence-corrected chi connectivity index (χ4v) is 26.1. The average molecular weight is 1880 g/mol. The zero-order valence-electron chi connectivity index (χ0n) is 89.2. The van der Waals surface area contributed by atoms with E-state index in [4.69, 9.17) is 4.65 Å². The Morgan fingerprint density at radius 3 is 0.725 bits per heavy atom. The summed E-state index contributed by atoms with van der Waals surface area (Å²) in [6.07, 6.45) is 54.7. The number of hydrogen-bond donors (Lipinski definition) is 1. The van der Waals surface area contributed by atoms with Gasteiger partial charge in [0.2, 0.25) is 0 Å². The molecule has 18 rings (SSSR count). The summed E-state index contributed by atoms with van der Waals surface area (Å²) in [4.78, 5) is 0. The Balaban J connectivity index is 0.615. The van der Waals surface area contributed by atoms with Crippen LogP contribution in [0.15, 0.2) is 261 Å². The number of aliphatic hydroxyl groups is 1. The van der Waals surface area contributed by atoms with Gasteiger partial charge in [0.15, 0.2) is 0 Å². The van der Waals surface area contributed by atoms with Crippen molar-refractivity contribution in [1.82, 2.24) is 0 Å². The maximum absolute atomic E-state index is 10.8. The van der Waals surface area contributed by atoms with Gasteiger partial charge in [-0.05, 0) is 311 Å². The molecule has 13 aromatic rings. The lowest BCUT2D eigenvalue weighted by Crippen LogP contribution is -2.49. The van der Waals surface area contributed by atoms with Gasteiger partial charge in [0, 0.05) is 21.7 Å². The predicted molar refractivity (Wildman–Crippen MR) is 614 cm³/mol. The summed E-state index contributed by atoms with van der Waals surface area (Å²) in [6.45, 7) is 26.5. The van der Waals surface area contributed by atoms with Crippen LogP contribution >= 0.6 is 0 Å². The van der Waals surface area contributed by atoms with Crippen LogP contribution in [-0.2, 0) is 39.2 Å². The van der Waals surface area contributed by atoms with Crippen LogP contribution in [0.25, 0.3) is 134 Å². The first-order valence-corrected chi connectivity index (χ1v) is 57.2. The minimum absolute atomic E-state index is 0.0518. The molecule has 0 bridgehead atoms. The second kappa shape index (κ2) is 46.1. The number of rotatable bonds is 52. The quantitative estimate of drug-likeness (QED) is 0.0304. The smallest absolute Gasteiger partial charge is 0.330 e. The molecular weight excluding hydrogens is 1710 g/mol. The maximum Gasteiger partial charge on any atom is 0.330 e. The number of fused-ring (bicyclic) bond motifs is 15. The molecule has 5 aliphatic rings.